The zero-order chi connectivity index (χ0) is 11.4. The van der Waals surface area contributed by atoms with Gasteiger partial charge in [-0.25, -0.2) is 0 Å². The predicted molar refractivity (Wildman–Crippen MR) is 65.9 cm³/mol. The SMILES string of the molecule is C#CCN(CC1CC1)c1ccncc1CN. The van der Waals surface area contributed by atoms with Crippen LogP contribution >= 0.6 is 0 Å². The van der Waals surface area contributed by atoms with Crippen LogP contribution in [0.3, 0.4) is 0 Å². The Kier molecular flexibility index (Phi) is 3.43. The summed E-state index contributed by atoms with van der Waals surface area (Å²) in [6.07, 6.45) is 11.7. The van der Waals surface area contributed by atoms with Crippen LogP contribution in [-0.2, 0) is 6.54 Å². The lowest BCUT2D eigenvalue weighted by Crippen LogP contribution is -2.27. The zero-order valence-electron chi connectivity index (χ0n) is 9.39. The first-order chi connectivity index (χ1) is 7.85. The first kappa shape index (κ1) is 11.0. The predicted octanol–water partition coefficient (Wildman–Crippen LogP) is 1.39. The topological polar surface area (TPSA) is 42.2 Å². The summed E-state index contributed by atoms with van der Waals surface area (Å²) in [5.41, 5.74) is 7.92. The molecule has 3 nitrogen and oxygen atoms in total. The first-order valence-corrected chi connectivity index (χ1v) is 5.66. The second-order valence-corrected chi connectivity index (χ2v) is 4.24. The first-order valence-electron chi connectivity index (χ1n) is 5.66. The molecule has 0 aromatic carbocycles. The Labute approximate surface area is 96.7 Å². The van der Waals surface area contributed by atoms with E-state index in [-0.39, 0.29) is 0 Å². The van der Waals surface area contributed by atoms with E-state index in [2.05, 4.69) is 15.8 Å². The fraction of sp³-hybridized carbons (Fsp3) is 0.462. The Bertz CT molecular complexity index is 390. The summed E-state index contributed by atoms with van der Waals surface area (Å²) in [5.74, 6) is 3.53. The Balaban J connectivity index is 2.18. The Morgan fingerprint density at radius 2 is 2.38 bits per heavy atom. The van der Waals surface area contributed by atoms with Gasteiger partial charge in [-0.15, -0.1) is 6.42 Å². The molecule has 1 saturated carbocycles. The van der Waals surface area contributed by atoms with Gasteiger partial charge in [-0.2, -0.15) is 0 Å². The maximum Gasteiger partial charge on any atom is 0.0791 e. The van der Waals surface area contributed by atoms with Gasteiger partial charge in [0.25, 0.3) is 0 Å². The van der Waals surface area contributed by atoms with E-state index in [1.807, 2.05) is 12.3 Å². The van der Waals surface area contributed by atoms with Crippen molar-refractivity contribution >= 4 is 5.69 Å². The normalized spacial score (nSPS) is 14.5. The number of nitrogens with two attached hydrogens (primary N) is 1. The highest BCUT2D eigenvalue weighted by Gasteiger charge is 2.24. The van der Waals surface area contributed by atoms with E-state index in [0.717, 1.165) is 23.7 Å². The molecule has 0 unspecified atom stereocenters. The second-order valence-electron chi connectivity index (χ2n) is 4.24. The van der Waals surface area contributed by atoms with Gasteiger partial charge < -0.3 is 10.6 Å². The summed E-state index contributed by atoms with van der Waals surface area (Å²) in [6, 6.07) is 2.00. The van der Waals surface area contributed by atoms with E-state index in [0.29, 0.717) is 13.1 Å². The molecule has 1 fully saturated rings. The van der Waals surface area contributed by atoms with Crippen LogP contribution in [0.1, 0.15) is 18.4 Å². The van der Waals surface area contributed by atoms with E-state index in [1.54, 1.807) is 6.20 Å². The minimum absolute atomic E-state index is 0.509. The molecular formula is C13H17N3. The van der Waals surface area contributed by atoms with Gasteiger partial charge in [0.2, 0.25) is 0 Å². The van der Waals surface area contributed by atoms with E-state index >= 15 is 0 Å². The molecule has 1 aromatic heterocycles. The number of anilines is 1. The average Bonchev–Trinajstić information content (AvgIpc) is 3.12. The van der Waals surface area contributed by atoms with Gasteiger partial charge in [0, 0.05) is 36.7 Å². The van der Waals surface area contributed by atoms with E-state index in [9.17, 15) is 0 Å². The summed E-state index contributed by atoms with van der Waals surface area (Å²) in [5, 5.41) is 0. The summed E-state index contributed by atoms with van der Waals surface area (Å²) in [4.78, 5) is 6.33. The highest BCUT2D eigenvalue weighted by molar-refractivity contribution is 5.53. The third-order valence-electron chi connectivity index (χ3n) is 2.90. The van der Waals surface area contributed by atoms with Crippen molar-refractivity contribution in [3.8, 4) is 12.3 Å². The molecule has 0 amide bonds. The summed E-state index contributed by atoms with van der Waals surface area (Å²) < 4.78 is 0. The average molecular weight is 215 g/mol. The molecule has 0 atom stereocenters. The van der Waals surface area contributed by atoms with Crippen LogP contribution in [0.25, 0.3) is 0 Å². The summed E-state index contributed by atoms with van der Waals surface area (Å²) >= 11 is 0. The summed E-state index contributed by atoms with van der Waals surface area (Å²) in [7, 11) is 0. The largest absolute Gasteiger partial charge is 0.360 e. The Morgan fingerprint density at radius 1 is 1.56 bits per heavy atom. The molecule has 0 bridgehead atoms. The molecule has 1 aliphatic carbocycles. The van der Waals surface area contributed by atoms with Crippen molar-refractivity contribution < 1.29 is 0 Å². The molecule has 0 spiro atoms. The van der Waals surface area contributed by atoms with Gasteiger partial charge in [0.1, 0.15) is 0 Å². The minimum Gasteiger partial charge on any atom is -0.360 e. The number of hydrogen-bond acceptors (Lipinski definition) is 3. The van der Waals surface area contributed by atoms with Gasteiger partial charge in [-0.3, -0.25) is 4.98 Å². The Morgan fingerprint density at radius 3 is 3.00 bits per heavy atom. The van der Waals surface area contributed by atoms with Crippen LogP contribution in [0.4, 0.5) is 5.69 Å². The third kappa shape index (κ3) is 2.53. The molecule has 16 heavy (non-hydrogen) atoms. The quantitative estimate of drug-likeness (QED) is 0.755. The van der Waals surface area contributed by atoms with E-state index in [1.165, 1.54) is 12.8 Å². The smallest absolute Gasteiger partial charge is 0.0791 e. The molecule has 1 heterocycles. The van der Waals surface area contributed by atoms with Crippen LogP contribution in [0.15, 0.2) is 18.5 Å². The van der Waals surface area contributed by atoms with Gasteiger partial charge >= 0.3 is 0 Å². The van der Waals surface area contributed by atoms with Crippen molar-refractivity contribution in [3.05, 3.63) is 24.0 Å². The highest BCUT2D eigenvalue weighted by Crippen LogP contribution is 2.32. The monoisotopic (exact) mass is 215 g/mol. The van der Waals surface area contributed by atoms with E-state index in [4.69, 9.17) is 12.2 Å². The summed E-state index contributed by atoms with van der Waals surface area (Å²) in [6.45, 7) is 2.20. The van der Waals surface area contributed by atoms with Crippen LogP contribution in [0.5, 0.6) is 0 Å². The molecule has 0 radical (unpaired) electrons. The van der Waals surface area contributed by atoms with Crippen molar-refractivity contribution in [1.29, 1.82) is 0 Å². The molecule has 2 N–H and O–H groups in total. The zero-order valence-corrected chi connectivity index (χ0v) is 9.39. The lowest BCUT2D eigenvalue weighted by Gasteiger charge is -2.24. The van der Waals surface area contributed by atoms with Gasteiger partial charge in [-0.05, 0) is 24.8 Å². The molecule has 0 saturated heterocycles. The third-order valence-corrected chi connectivity index (χ3v) is 2.90. The van der Waals surface area contributed by atoms with Crippen molar-refractivity contribution in [2.75, 3.05) is 18.0 Å². The van der Waals surface area contributed by atoms with Crippen molar-refractivity contribution in [1.82, 2.24) is 4.98 Å². The minimum atomic E-state index is 0.509. The number of rotatable bonds is 5. The highest BCUT2D eigenvalue weighted by atomic mass is 15.1. The number of nitrogens with zero attached hydrogens (tertiary/aromatic N) is 2. The number of aromatic nitrogens is 1. The molecule has 2 rings (SSSR count). The Hall–Kier alpha value is -1.53. The van der Waals surface area contributed by atoms with E-state index < -0.39 is 0 Å². The fourth-order valence-electron chi connectivity index (χ4n) is 1.86. The van der Waals surface area contributed by atoms with Gasteiger partial charge in [-0.1, -0.05) is 5.92 Å². The number of hydrogen-bond donors (Lipinski definition) is 1. The van der Waals surface area contributed by atoms with Crippen molar-refractivity contribution in [3.63, 3.8) is 0 Å². The second kappa shape index (κ2) is 5.00. The standard InChI is InChI=1S/C13H17N3/c1-2-7-16(10-11-3-4-11)13-5-6-15-9-12(13)8-14/h1,5-6,9,11H,3-4,7-8,10,14H2. The molecule has 1 aliphatic rings. The maximum atomic E-state index is 5.71. The lowest BCUT2D eigenvalue weighted by molar-refractivity contribution is 0.759. The molecule has 84 valence electrons. The van der Waals surface area contributed by atoms with Gasteiger partial charge in [0.15, 0.2) is 0 Å². The van der Waals surface area contributed by atoms with Crippen LogP contribution < -0.4 is 10.6 Å². The number of pyridine rings is 1. The maximum absolute atomic E-state index is 5.71. The number of terminal acetylenes is 1. The molecule has 3 heteroatoms. The van der Waals surface area contributed by atoms with Crippen LogP contribution in [0.2, 0.25) is 0 Å². The van der Waals surface area contributed by atoms with Crippen molar-refractivity contribution in [2.45, 2.75) is 19.4 Å². The molecule has 1 aromatic rings. The van der Waals surface area contributed by atoms with Crippen molar-refractivity contribution in [2.24, 2.45) is 11.7 Å². The molecule has 0 aliphatic heterocycles. The molecular weight excluding hydrogens is 198 g/mol. The van der Waals surface area contributed by atoms with Crippen LogP contribution in [-0.4, -0.2) is 18.1 Å². The van der Waals surface area contributed by atoms with Crippen LogP contribution in [0, 0.1) is 18.3 Å². The van der Waals surface area contributed by atoms with Gasteiger partial charge in [0.05, 0.1) is 6.54 Å². The lowest BCUT2D eigenvalue weighted by atomic mass is 10.2. The fourth-order valence-corrected chi connectivity index (χ4v) is 1.86.